The fourth-order valence-electron chi connectivity index (χ4n) is 3.69. The summed E-state index contributed by atoms with van der Waals surface area (Å²) in [6, 6.07) is 11.8. The van der Waals surface area contributed by atoms with Crippen LogP contribution in [0, 0.1) is 0 Å². The third kappa shape index (κ3) is 3.08. The molecule has 136 valence electrons. The molecule has 1 saturated heterocycles. The molecule has 0 radical (unpaired) electrons. The van der Waals surface area contributed by atoms with Gasteiger partial charge in [0.25, 0.3) is 0 Å². The molecule has 1 fully saturated rings. The van der Waals surface area contributed by atoms with E-state index < -0.39 is 10.0 Å². The molecule has 4 rings (SSSR count). The number of aromatic nitrogens is 2. The van der Waals surface area contributed by atoms with Gasteiger partial charge in [0.1, 0.15) is 10.7 Å². The summed E-state index contributed by atoms with van der Waals surface area (Å²) in [5.74, 6) is 1.36. The summed E-state index contributed by atoms with van der Waals surface area (Å²) in [6.45, 7) is 1.82. The number of sulfonamides is 1. The quantitative estimate of drug-likeness (QED) is 0.740. The lowest BCUT2D eigenvalue weighted by Crippen LogP contribution is -2.33. The number of hydrogen-bond donors (Lipinski definition) is 2. The van der Waals surface area contributed by atoms with E-state index in [2.05, 4.69) is 50.1 Å². The molecule has 3 aromatic rings. The van der Waals surface area contributed by atoms with Gasteiger partial charge in [0.05, 0.1) is 0 Å². The monoisotopic (exact) mass is 370 g/mol. The van der Waals surface area contributed by atoms with Crippen LogP contribution in [0.1, 0.15) is 24.3 Å². The van der Waals surface area contributed by atoms with E-state index in [-0.39, 0.29) is 4.90 Å². The van der Waals surface area contributed by atoms with Crippen LogP contribution in [0.25, 0.3) is 10.9 Å². The molecule has 1 aliphatic rings. The molecular weight excluding hydrogens is 348 g/mol. The Hall–Kier alpha value is -2.38. The topological polar surface area (TPSA) is 78.1 Å². The van der Waals surface area contributed by atoms with E-state index in [1.807, 2.05) is 0 Å². The molecule has 0 aliphatic carbocycles. The van der Waals surface area contributed by atoms with E-state index in [0.29, 0.717) is 5.92 Å². The summed E-state index contributed by atoms with van der Waals surface area (Å²) in [5.41, 5.74) is 2.58. The Bertz CT molecular complexity index is 1000. The van der Waals surface area contributed by atoms with Crippen molar-refractivity contribution in [2.45, 2.75) is 23.7 Å². The van der Waals surface area contributed by atoms with Crippen molar-refractivity contribution in [1.82, 2.24) is 14.7 Å². The van der Waals surface area contributed by atoms with Crippen LogP contribution in [0.15, 0.2) is 53.7 Å². The summed E-state index contributed by atoms with van der Waals surface area (Å²) < 4.78 is 25.9. The molecule has 0 atom stereocenters. The zero-order valence-electron chi connectivity index (χ0n) is 14.6. The second-order valence-electron chi connectivity index (χ2n) is 6.61. The molecular formula is C19H22N4O2S. The number of fused-ring (bicyclic) bond motifs is 1. The van der Waals surface area contributed by atoms with Crippen molar-refractivity contribution in [2.75, 3.05) is 25.0 Å². The van der Waals surface area contributed by atoms with Gasteiger partial charge in [-0.3, -0.25) is 0 Å². The summed E-state index contributed by atoms with van der Waals surface area (Å²) >= 11 is 0. The normalized spacial score (nSPS) is 16.3. The predicted molar refractivity (Wildman–Crippen MR) is 103 cm³/mol. The maximum absolute atomic E-state index is 11.8. The standard InChI is InChI=1S/C19H22N4O2S/c1-20-26(24,25)15-6-7-19(22-12-15)23-10-8-14(9-11-23)17-13-21-18-5-3-2-4-16(17)18/h2-7,12-14,20-21H,8-11H2,1H3. The lowest BCUT2D eigenvalue weighted by molar-refractivity contribution is 0.505. The van der Waals surface area contributed by atoms with Crippen LogP contribution in [0.5, 0.6) is 0 Å². The van der Waals surface area contributed by atoms with Crippen molar-refractivity contribution < 1.29 is 8.42 Å². The number of pyridine rings is 1. The van der Waals surface area contributed by atoms with Crippen LogP contribution < -0.4 is 9.62 Å². The van der Waals surface area contributed by atoms with Gasteiger partial charge in [-0.15, -0.1) is 0 Å². The highest BCUT2D eigenvalue weighted by Gasteiger charge is 2.23. The van der Waals surface area contributed by atoms with Crippen LogP contribution in [-0.4, -0.2) is 38.5 Å². The van der Waals surface area contributed by atoms with Gasteiger partial charge in [-0.25, -0.2) is 18.1 Å². The van der Waals surface area contributed by atoms with E-state index >= 15 is 0 Å². The molecule has 0 bridgehead atoms. The van der Waals surface area contributed by atoms with Crippen molar-refractivity contribution in [1.29, 1.82) is 0 Å². The van der Waals surface area contributed by atoms with Gasteiger partial charge in [-0.1, -0.05) is 18.2 Å². The highest BCUT2D eigenvalue weighted by molar-refractivity contribution is 7.89. The molecule has 0 spiro atoms. The molecule has 0 saturated carbocycles. The minimum absolute atomic E-state index is 0.192. The van der Waals surface area contributed by atoms with Crippen molar-refractivity contribution >= 4 is 26.7 Å². The SMILES string of the molecule is CNS(=O)(=O)c1ccc(N2CCC(c3c[nH]c4ccccc34)CC2)nc1. The maximum atomic E-state index is 11.8. The van der Waals surface area contributed by atoms with Crippen molar-refractivity contribution in [3.8, 4) is 0 Å². The van der Waals surface area contributed by atoms with E-state index in [0.717, 1.165) is 31.7 Å². The fraction of sp³-hybridized carbons (Fsp3) is 0.316. The molecule has 0 unspecified atom stereocenters. The second kappa shape index (κ2) is 6.74. The number of aromatic amines is 1. The number of benzene rings is 1. The molecule has 3 heterocycles. The number of nitrogens with one attached hydrogen (secondary N) is 2. The number of H-pyrrole nitrogens is 1. The summed E-state index contributed by atoms with van der Waals surface area (Å²) in [5, 5.41) is 1.31. The average molecular weight is 370 g/mol. The Balaban J connectivity index is 1.47. The van der Waals surface area contributed by atoms with Crippen LogP contribution in [0.4, 0.5) is 5.82 Å². The number of nitrogens with zero attached hydrogens (tertiary/aromatic N) is 2. The van der Waals surface area contributed by atoms with Crippen LogP contribution >= 0.6 is 0 Å². The van der Waals surface area contributed by atoms with Gasteiger partial charge >= 0.3 is 0 Å². The molecule has 7 heteroatoms. The van der Waals surface area contributed by atoms with Crippen molar-refractivity contribution in [3.05, 3.63) is 54.4 Å². The van der Waals surface area contributed by atoms with Crippen LogP contribution in [0.2, 0.25) is 0 Å². The predicted octanol–water partition coefficient (Wildman–Crippen LogP) is 2.86. The Morgan fingerprint density at radius 2 is 1.92 bits per heavy atom. The molecule has 0 amide bonds. The van der Waals surface area contributed by atoms with Crippen LogP contribution in [-0.2, 0) is 10.0 Å². The largest absolute Gasteiger partial charge is 0.361 e. The van der Waals surface area contributed by atoms with Gasteiger partial charge in [0.2, 0.25) is 10.0 Å². The summed E-state index contributed by atoms with van der Waals surface area (Å²) in [7, 11) is -2.04. The number of hydrogen-bond acceptors (Lipinski definition) is 4. The lowest BCUT2D eigenvalue weighted by atomic mass is 9.89. The number of para-hydroxylation sites is 1. The third-order valence-electron chi connectivity index (χ3n) is 5.18. The Morgan fingerprint density at radius 1 is 1.15 bits per heavy atom. The number of piperidine rings is 1. The first-order valence-electron chi connectivity index (χ1n) is 8.79. The minimum Gasteiger partial charge on any atom is -0.361 e. The Morgan fingerprint density at radius 3 is 2.62 bits per heavy atom. The zero-order chi connectivity index (χ0) is 18.1. The fourth-order valence-corrected chi connectivity index (χ4v) is 4.36. The van der Waals surface area contributed by atoms with E-state index in [1.165, 1.54) is 29.7 Å². The smallest absolute Gasteiger partial charge is 0.241 e. The van der Waals surface area contributed by atoms with Crippen LogP contribution in [0.3, 0.4) is 0 Å². The first-order chi connectivity index (χ1) is 12.6. The highest BCUT2D eigenvalue weighted by Crippen LogP contribution is 2.34. The molecule has 1 aliphatic heterocycles. The van der Waals surface area contributed by atoms with E-state index in [4.69, 9.17) is 0 Å². The van der Waals surface area contributed by atoms with Gasteiger partial charge in [0.15, 0.2) is 0 Å². The number of rotatable bonds is 4. The van der Waals surface area contributed by atoms with E-state index in [1.54, 1.807) is 12.1 Å². The Kier molecular flexibility index (Phi) is 4.42. The number of anilines is 1. The van der Waals surface area contributed by atoms with Crippen molar-refractivity contribution in [3.63, 3.8) is 0 Å². The lowest BCUT2D eigenvalue weighted by Gasteiger charge is -2.32. The summed E-state index contributed by atoms with van der Waals surface area (Å²) in [6.07, 6.45) is 5.67. The summed E-state index contributed by atoms with van der Waals surface area (Å²) in [4.78, 5) is 10.1. The first-order valence-corrected chi connectivity index (χ1v) is 10.3. The molecule has 2 N–H and O–H groups in total. The highest BCUT2D eigenvalue weighted by atomic mass is 32.2. The van der Waals surface area contributed by atoms with Gasteiger partial charge in [0, 0.05) is 36.4 Å². The van der Waals surface area contributed by atoms with Gasteiger partial charge in [-0.2, -0.15) is 0 Å². The average Bonchev–Trinajstić information content (AvgIpc) is 3.12. The van der Waals surface area contributed by atoms with E-state index in [9.17, 15) is 8.42 Å². The van der Waals surface area contributed by atoms with Crippen molar-refractivity contribution in [2.24, 2.45) is 0 Å². The second-order valence-corrected chi connectivity index (χ2v) is 8.50. The minimum atomic E-state index is -3.44. The van der Waals surface area contributed by atoms with Gasteiger partial charge in [-0.05, 0) is 49.6 Å². The Labute approximate surface area is 153 Å². The molecule has 6 nitrogen and oxygen atoms in total. The molecule has 26 heavy (non-hydrogen) atoms. The molecule has 2 aromatic heterocycles. The zero-order valence-corrected chi connectivity index (χ0v) is 15.5. The first kappa shape index (κ1) is 17.1. The van der Waals surface area contributed by atoms with Gasteiger partial charge < -0.3 is 9.88 Å². The third-order valence-corrected chi connectivity index (χ3v) is 6.58. The molecule has 1 aromatic carbocycles. The maximum Gasteiger partial charge on any atom is 0.241 e.